The van der Waals surface area contributed by atoms with Crippen molar-refractivity contribution in [2.24, 2.45) is 5.92 Å². The molecule has 148 valence electrons. The standard InChI is InChI=1S/C18H30N2O5S/c1-14(2)11-16(13-21)20(12-15-9-7-6-8-10-15)26(23,24)19-17(22)25-18(3,4)5/h6-10,14,16,21H,11-13H2,1-5H3,(H,19,22). The van der Waals surface area contributed by atoms with Crippen molar-refractivity contribution in [1.82, 2.24) is 9.03 Å². The zero-order valence-corrected chi connectivity index (χ0v) is 16.9. The van der Waals surface area contributed by atoms with Gasteiger partial charge in [0.15, 0.2) is 0 Å². The van der Waals surface area contributed by atoms with Crippen LogP contribution in [-0.2, 0) is 21.5 Å². The molecule has 1 rings (SSSR count). The summed E-state index contributed by atoms with van der Waals surface area (Å²) in [6, 6.07) is 8.36. The Kier molecular flexibility index (Phi) is 8.05. The van der Waals surface area contributed by atoms with Crippen LogP contribution in [0.25, 0.3) is 0 Å². The monoisotopic (exact) mass is 386 g/mol. The van der Waals surface area contributed by atoms with Crippen LogP contribution in [0.15, 0.2) is 30.3 Å². The Labute approximate surface area is 156 Å². The minimum Gasteiger partial charge on any atom is -0.443 e. The van der Waals surface area contributed by atoms with Gasteiger partial charge in [0.05, 0.1) is 12.6 Å². The summed E-state index contributed by atoms with van der Waals surface area (Å²) in [5.74, 6) is 0.169. The Morgan fingerprint density at radius 2 is 1.81 bits per heavy atom. The summed E-state index contributed by atoms with van der Waals surface area (Å²) in [6.45, 7) is 8.52. The fraction of sp³-hybridized carbons (Fsp3) is 0.611. The van der Waals surface area contributed by atoms with E-state index < -0.39 is 27.9 Å². The molecule has 0 aliphatic rings. The molecule has 2 N–H and O–H groups in total. The van der Waals surface area contributed by atoms with Crippen molar-refractivity contribution in [3.8, 4) is 0 Å². The van der Waals surface area contributed by atoms with E-state index in [-0.39, 0.29) is 19.1 Å². The van der Waals surface area contributed by atoms with Gasteiger partial charge >= 0.3 is 16.3 Å². The molecule has 0 aliphatic heterocycles. The van der Waals surface area contributed by atoms with Crippen molar-refractivity contribution in [1.29, 1.82) is 0 Å². The SMILES string of the molecule is CC(C)CC(CO)N(Cc1ccccc1)S(=O)(=O)NC(=O)OC(C)(C)C. The molecule has 0 aromatic heterocycles. The van der Waals surface area contributed by atoms with Crippen LogP contribution in [0.4, 0.5) is 4.79 Å². The summed E-state index contributed by atoms with van der Waals surface area (Å²) in [6.07, 6.45) is -0.588. The number of hydrogen-bond acceptors (Lipinski definition) is 5. The fourth-order valence-electron chi connectivity index (χ4n) is 2.46. The maximum Gasteiger partial charge on any atom is 0.422 e. The lowest BCUT2D eigenvalue weighted by atomic mass is 10.0. The highest BCUT2D eigenvalue weighted by Gasteiger charge is 2.33. The summed E-state index contributed by atoms with van der Waals surface area (Å²) in [5, 5.41) is 9.76. The molecule has 0 saturated carbocycles. The molecule has 26 heavy (non-hydrogen) atoms. The van der Waals surface area contributed by atoms with Gasteiger partial charge in [-0.1, -0.05) is 44.2 Å². The Bertz CT molecular complexity index is 669. The van der Waals surface area contributed by atoms with Crippen molar-refractivity contribution < 1.29 is 23.1 Å². The lowest BCUT2D eigenvalue weighted by Gasteiger charge is -2.31. The number of nitrogens with zero attached hydrogens (tertiary/aromatic N) is 1. The molecule has 0 fully saturated rings. The number of hydrogen-bond donors (Lipinski definition) is 2. The van der Waals surface area contributed by atoms with Crippen molar-refractivity contribution in [2.45, 2.75) is 59.2 Å². The zero-order valence-electron chi connectivity index (χ0n) is 16.1. The van der Waals surface area contributed by atoms with Crippen LogP contribution >= 0.6 is 0 Å². The second-order valence-corrected chi connectivity index (χ2v) is 9.23. The summed E-state index contributed by atoms with van der Waals surface area (Å²) in [7, 11) is -4.20. The summed E-state index contributed by atoms with van der Waals surface area (Å²) < 4.78 is 33.7. The van der Waals surface area contributed by atoms with Gasteiger partial charge < -0.3 is 9.84 Å². The Hall–Kier alpha value is -1.64. The highest BCUT2D eigenvalue weighted by atomic mass is 32.2. The molecular formula is C18H30N2O5S. The Morgan fingerprint density at radius 3 is 2.27 bits per heavy atom. The highest BCUT2D eigenvalue weighted by molar-refractivity contribution is 7.87. The molecule has 1 aromatic rings. The van der Waals surface area contributed by atoms with Gasteiger partial charge in [0.2, 0.25) is 0 Å². The first-order valence-electron chi connectivity index (χ1n) is 8.62. The van der Waals surface area contributed by atoms with Gasteiger partial charge in [0, 0.05) is 6.54 Å². The molecule has 0 radical (unpaired) electrons. The third-order valence-electron chi connectivity index (χ3n) is 3.46. The maximum atomic E-state index is 12.8. The van der Waals surface area contributed by atoms with E-state index in [1.165, 1.54) is 0 Å². The van der Waals surface area contributed by atoms with Gasteiger partial charge in [-0.05, 0) is 38.7 Å². The minimum absolute atomic E-state index is 0.0386. The topological polar surface area (TPSA) is 95.9 Å². The summed E-state index contributed by atoms with van der Waals surface area (Å²) >= 11 is 0. The van der Waals surface area contributed by atoms with E-state index in [1.54, 1.807) is 45.0 Å². The van der Waals surface area contributed by atoms with E-state index in [4.69, 9.17) is 4.74 Å². The smallest absolute Gasteiger partial charge is 0.422 e. The van der Waals surface area contributed by atoms with Crippen LogP contribution in [0.2, 0.25) is 0 Å². The predicted octanol–water partition coefficient (Wildman–Crippen LogP) is 2.67. The third-order valence-corrected chi connectivity index (χ3v) is 4.93. The van der Waals surface area contributed by atoms with Crippen LogP contribution in [0.1, 0.15) is 46.6 Å². The molecule has 1 aromatic carbocycles. The number of ether oxygens (including phenoxy) is 1. The maximum absolute atomic E-state index is 12.8. The van der Waals surface area contributed by atoms with E-state index in [9.17, 15) is 18.3 Å². The zero-order chi connectivity index (χ0) is 20.0. The molecular weight excluding hydrogens is 356 g/mol. The van der Waals surface area contributed by atoms with E-state index in [1.807, 2.05) is 24.6 Å². The second-order valence-electron chi connectivity index (χ2n) is 7.61. The van der Waals surface area contributed by atoms with Gasteiger partial charge in [-0.3, -0.25) is 0 Å². The van der Waals surface area contributed by atoms with Crippen molar-refractivity contribution >= 4 is 16.3 Å². The number of aliphatic hydroxyl groups is 1. The minimum atomic E-state index is -4.20. The largest absolute Gasteiger partial charge is 0.443 e. The number of amides is 1. The third kappa shape index (κ3) is 7.72. The molecule has 0 saturated heterocycles. The predicted molar refractivity (Wildman–Crippen MR) is 101 cm³/mol. The number of aliphatic hydroxyl groups excluding tert-OH is 1. The van der Waals surface area contributed by atoms with Gasteiger partial charge in [-0.25, -0.2) is 9.52 Å². The van der Waals surface area contributed by atoms with E-state index in [0.29, 0.717) is 6.42 Å². The summed E-state index contributed by atoms with van der Waals surface area (Å²) in [5.41, 5.74) is -0.0673. The molecule has 1 atom stereocenters. The number of benzene rings is 1. The number of rotatable bonds is 8. The fourth-order valence-corrected chi connectivity index (χ4v) is 3.70. The van der Waals surface area contributed by atoms with Crippen molar-refractivity contribution in [2.75, 3.05) is 6.61 Å². The van der Waals surface area contributed by atoms with Gasteiger partial charge in [-0.15, -0.1) is 0 Å². The van der Waals surface area contributed by atoms with Gasteiger partial charge in [0.1, 0.15) is 5.60 Å². The molecule has 0 heterocycles. The van der Waals surface area contributed by atoms with Crippen LogP contribution < -0.4 is 4.72 Å². The average molecular weight is 387 g/mol. The van der Waals surface area contributed by atoms with Crippen LogP contribution in [0, 0.1) is 5.92 Å². The number of carbonyl (C=O) groups excluding carboxylic acids is 1. The first-order valence-corrected chi connectivity index (χ1v) is 10.1. The van der Waals surface area contributed by atoms with Crippen molar-refractivity contribution in [3.05, 3.63) is 35.9 Å². The summed E-state index contributed by atoms with van der Waals surface area (Å²) in [4.78, 5) is 12.0. The van der Waals surface area contributed by atoms with E-state index in [0.717, 1.165) is 9.87 Å². The average Bonchev–Trinajstić information content (AvgIpc) is 2.48. The first kappa shape index (κ1) is 22.4. The lowest BCUT2D eigenvalue weighted by Crippen LogP contribution is -2.50. The van der Waals surface area contributed by atoms with Crippen molar-refractivity contribution in [3.63, 3.8) is 0 Å². The molecule has 7 nitrogen and oxygen atoms in total. The Morgan fingerprint density at radius 1 is 1.23 bits per heavy atom. The highest BCUT2D eigenvalue weighted by Crippen LogP contribution is 2.19. The van der Waals surface area contributed by atoms with Crippen LogP contribution in [0.5, 0.6) is 0 Å². The normalized spacial score (nSPS) is 13.7. The molecule has 0 bridgehead atoms. The van der Waals surface area contributed by atoms with E-state index >= 15 is 0 Å². The second kappa shape index (κ2) is 9.34. The van der Waals surface area contributed by atoms with Gasteiger partial charge in [0.25, 0.3) is 0 Å². The van der Waals surface area contributed by atoms with Crippen LogP contribution in [-0.4, -0.2) is 42.2 Å². The van der Waals surface area contributed by atoms with E-state index in [2.05, 4.69) is 0 Å². The molecule has 1 unspecified atom stereocenters. The Balaban J connectivity index is 3.10. The van der Waals surface area contributed by atoms with Crippen LogP contribution in [0.3, 0.4) is 0 Å². The quantitative estimate of drug-likeness (QED) is 0.716. The lowest BCUT2D eigenvalue weighted by molar-refractivity contribution is 0.0563. The number of nitrogens with one attached hydrogen (secondary N) is 1. The first-order chi connectivity index (χ1) is 11.9. The molecule has 0 aliphatic carbocycles. The molecule has 8 heteroatoms. The number of carbonyl (C=O) groups is 1. The molecule has 1 amide bonds. The molecule has 0 spiro atoms. The van der Waals surface area contributed by atoms with Gasteiger partial charge in [-0.2, -0.15) is 12.7 Å².